The van der Waals surface area contributed by atoms with E-state index in [1.165, 1.54) is 0 Å². The summed E-state index contributed by atoms with van der Waals surface area (Å²) in [4.78, 5) is 10.9. The van der Waals surface area contributed by atoms with Crippen LogP contribution in [0.15, 0.2) is 0 Å². The highest BCUT2D eigenvalue weighted by Crippen LogP contribution is 2.40. The Morgan fingerprint density at radius 1 is 1.50 bits per heavy atom. The Hall–Kier alpha value is -0.710. The largest absolute Gasteiger partial charge is 0.468 e. The molecule has 0 heterocycles. The summed E-state index contributed by atoms with van der Waals surface area (Å²) in [5.74, 6) is -3.57. The highest BCUT2D eigenvalue weighted by atomic mass is 19.3. The summed E-state index contributed by atoms with van der Waals surface area (Å²) < 4.78 is 29.6. The van der Waals surface area contributed by atoms with Gasteiger partial charge in [0.15, 0.2) is 0 Å². The molecule has 12 heavy (non-hydrogen) atoms. The third-order valence-electron chi connectivity index (χ3n) is 2.10. The van der Waals surface area contributed by atoms with Crippen LogP contribution in [-0.4, -0.2) is 24.5 Å². The molecule has 1 atom stereocenters. The fourth-order valence-corrected chi connectivity index (χ4v) is 1.42. The van der Waals surface area contributed by atoms with E-state index in [1.807, 2.05) is 0 Å². The van der Waals surface area contributed by atoms with Crippen molar-refractivity contribution in [3.8, 4) is 0 Å². The highest BCUT2D eigenvalue weighted by molar-refractivity contribution is 5.81. The van der Waals surface area contributed by atoms with Gasteiger partial charge in [-0.2, -0.15) is 0 Å². The Morgan fingerprint density at radius 3 is 2.42 bits per heavy atom. The second-order valence-corrected chi connectivity index (χ2v) is 3.18. The van der Waals surface area contributed by atoms with Crippen molar-refractivity contribution in [1.82, 2.24) is 0 Å². The van der Waals surface area contributed by atoms with E-state index in [0.29, 0.717) is 0 Å². The lowest BCUT2D eigenvalue weighted by atomic mass is 9.99. The van der Waals surface area contributed by atoms with Crippen LogP contribution >= 0.6 is 0 Å². The van der Waals surface area contributed by atoms with Crippen LogP contribution in [0.5, 0.6) is 0 Å². The Kier molecular flexibility index (Phi) is 2.07. The molecule has 0 aromatic rings. The molecule has 3 nitrogen and oxygen atoms in total. The average Bonchev–Trinajstić information content (AvgIpc) is 2.25. The number of halogens is 2. The van der Waals surface area contributed by atoms with Crippen LogP contribution in [0.25, 0.3) is 0 Å². The fourth-order valence-electron chi connectivity index (χ4n) is 1.42. The summed E-state index contributed by atoms with van der Waals surface area (Å²) in [7, 11) is 1.15. The summed E-state index contributed by atoms with van der Waals surface area (Å²) in [5, 5.41) is 0. The third-order valence-corrected chi connectivity index (χ3v) is 2.10. The topological polar surface area (TPSA) is 52.3 Å². The van der Waals surface area contributed by atoms with Crippen molar-refractivity contribution in [2.24, 2.45) is 5.73 Å². The number of carbonyl (C=O) groups is 1. The number of methoxy groups -OCH3 is 1. The zero-order valence-electron chi connectivity index (χ0n) is 6.77. The quantitative estimate of drug-likeness (QED) is 0.602. The molecule has 1 rings (SSSR count). The summed E-state index contributed by atoms with van der Waals surface area (Å²) >= 11 is 0. The van der Waals surface area contributed by atoms with Gasteiger partial charge in [0.1, 0.15) is 5.54 Å². The SMILES string of the molecule is COC(=O)C1(N)CCC(F)(F)C1. The lowest BCUT2D eigenvalue weighted by Gasteiger charge is -2.19. The molecule has 0 saturated heterocycles. The summed E-state index contributed by atoms with van der Waals surface area (Å²) in [6.07, 6.45) is -0.946. The van der Waals surface area contributed by atoms with E-state index in [4.69, 9.17) is 5.73 Å². The van der Waals surface area contributed by atoms with Crippen molar-refractivity contribution in [3.05, 3.63) is 0 Å². The molecule has 2 N–H and O–H groups in total. The number of rotatable bonds is 1. The van der Waals surface area contributed by atoms with Crippen LogP contribution in [0.1, 0.15) is 19.3 Å². The molecule has 0 spiro atoms. The molecule has 1 fully saturated rings. The van der Waals surface area contributed by atoms with Crippen molar-refractivity contribution in [1.29, 1.82) is 0 Å². The first-order chi connectivity index (χ1) is 5.40. The molecule has 0 aromatic carbocycles. The van der Waals surface area contributed by atoms with Crippen molar-refractivity contribution in [3.63, 3.8) is 0 Å². The highest BCUT2D eigenvalue weighted by Gasteiger charge is 2.52. The van der Waals surface area contributed by atoms with E-state index in [9.17, 15) is 13.6 Å². The number of esters is 1. The van der Waals surface area contributed by atoms with Crippen LogP contribution in [0.3, 0.4) is 0 Å². The van der Waals surface area contributed by atoms with Gasteiger partial charge >= 0.3 is 5.97 Å². The molecular weight excluding hydrogens is 168 g/mol. The smallest absolute Gasteiger partial charge is 0.326 e. The van der Waals surface area contributed by atoms with Crippen LogP contribution in [-0.2, 0) is 9.53 Å². The number of nitrogens with two attached hydrogens (primary N) is 1. The minimum absolute atomic E-state index is 0.00727. The number of hydrogen-bond acceptors (Lipinski definition) is 3. The van der Waals surface area contributed by atoms with Crippen molar-refractivity contribution in [2.45, 2.75) is 30.7 Å². The Morgan fingerprint density at radius 2 is 2.08 bits per heavy atom. The number of carbonyl (C=O) groups excluding carboxylic acids is 1. The first-order valence-corrected chi connectivity index (χ1v) is 3.65. The lowest BCUT2D eigenvalue weighted by Crippen LogP contribution is -2.47. The van der Waals surface area contributed by atoms with E-state index >= 15 is 0 Å². The molecule has 0 bridgehead atoms. The Labute approximate surface area is 68.9 Å². The second kappa shape index (κ2) is 2.65. The van der Waals surface area contributed by atoms with Gasteiger partial charge in [0.25, 0.3) is 5.92 Å². The van der Waals surface area contributed by atoms with Crippen LogP contribution in [0, 0.1) is 0 Å². The minimum atomic E-state index is -2.82. The standard InChI is InChI=1S/C7H11F2NO2/c1-12-5(11)6(10)2-3-7(8,9)4-6/h2-4,10H2,1H3. The van der Waals surface area contributed by atoms with E-state index in [0.717, 1.165) is 7.11 Å². The summed E-state index contributed by atoms with van der Waals surface area (Å²) in [6.45, 7) is 0. The molecule has 5 heteroatoms. The zero-order chi connectivity index (χ0) is 9.41. The maximum absolute atomic E-state index is 12.6. The molecule has 1 saturated carbocycles. The molecule has 0 aromatic heterocycles. The minimum Gasteiger partial charge on any atom is -0.468 e. The van der Waals surface area contributed by atoms with Crippen LogP contribution < -0.4 is 5.73 Å². The molecule has 0 radical (unpaired) electrons. The Balaban J connectivity index is 2.71. The predicted octanol–water partition coefficient (Wildman–Crippen LogP) is 0.676. The monoisotopic (exact) mass is 179 g/mol. The zero-order valence-corrected chi connectivity index (χ0v) is 6.77. The van der Waals surface area contributed by atoms with E-state index in [-0.39, 0.29) is 12.8 Å². The maximum atomic E-state index is 12.6. The van der Waals surface area contributed by atoms with Gasteiger partial charge in [-0.25, -0.2) is 8.78 Å². The molecular formula is C7H11F2NO2. The van der Waals surface area contributed by atoms with Crippen LogP contribution in [0.4, 0.5) is 8.78 Å². The normalized spacial score (nSPS) is 33.3. The van der Waals surface area contributed by atoms with Crippen molar-refractivity contribution >= 4 is 5.97 Å². The molecule has 0 amide bonds. The van der Waals surface area contributed by atoms with E-state index in [2.05, 4.69) is 4.74 Å². The average molecular weight is 179 g/mol. The second-order valence-electron chi connectivity index (χ2n) is 3.18. The molecule has 1 unspecified atom stereocenters. The van der Waals surface area contributed by atoms with Gasteiger partial charge in [0, 0.05) is 12.8 Å². The molecule has 1 aliphatic carbocycles. The van der Waals surface area contributed by atoms with Gasteiger partial charge in [-0.05, 0) is 6.42 Å². The number of ether oxygens (including phenoxy) is 1. The summed E-state index contributed by atoms with van der Waals surface area (Å²) in [5.41, 5.74) is 3.96. The first kappa shape index (κ1) is 9.38. The maximum Gasteiger partial charge on any atom is 0.326 e. The van der Waals surface area contributed by atoms with Gasteiger partial charge in [0.05, 0.1) is 7.11 Å². The lowest BCUT2D eigenvalue weighted by molar-refractivity contribution is -0.148. The third kappa shape index (κ3) is 1.55. The van der Waals surface area contributed by atoms with Crippen LogP contribution in [0.2, 0.25) is 0 Å². The fraction of sp³-hybridized carbons (Fsp3) is 0.857. The predicted molar refractivity (Wildman–Crippen MR) is 37.7 cm³/mol. The van der Waals surface area contributed by atoms with Gasteiger partial charge in [-0.3, -0.25) is 4.79 Å². The summed E-state index contributed by atoms with van der Waals surface area (Å²) in [6, 6.07) is 0. The van der Waals surface area contributed by atoms with Gasteiger partial charge in [0.2, 0.25) is 0 Å². The molecule has 70 valence electrons. The number of hydrogen-bond donors (Lipinski definition) is 1. The van der Waals surface area contributed by atoms with Gasteiger partial charge < -0.3 is 10.5 Å². The van der Waals surface area contributed by atoms with E-state index in [1.54, 1.807) is 0 Å². The van der Waals surface area contributed by atoms with Crippen molar-refractivity contribution in [2.75, 3.05) is 7.11 Å². The molecule has 1 aliphatic rings. The number of alkyl halides is 2. The first-order valence-electron chi connectivity index (χ1n) is 3.65. The Bertz CT molecular complexity index is 208. The molecule has 0 aliphatic heterocycles. The van der Waals surface area contributed by atoms with E-state index < -0.39 is 23.9 Å². The van der Waals surface area contributed by atoms with Crippen molar-refractivity contribution < 1.29 is 18.3 Å². The van der Waals surface area contributed by atoms with Gasteiger partial charge in [-0.1, -0.05) is 0 Å². The van der Waals surface area contributed by atoms with Gasteiger partial charge in [-0.15, -0.1) is 0 Å².